The first-order valence-electron chi connectivity index (χ1n) is 5.81. The maximum atomic E-state index is 12.5. The first kappa shape index (κ1) is 13.5. The number of aromatic nitrogens is 2. The highest BCUT2D eigenvalue weighted by Gasteiger charge is 2.30. The lowest BCUT2D eigenvalue weighted by molar-refractivity contribution is -0.137. The second-order valence-corrected chi connectivity index (χ2v) is 4.57. The molecule has 1 heterocycles. The van der Waals surface area contributed by atoms with Crippen LogP contribution in [0.15, 0.2) is 30.3 Å². The van der Waals surface area contributed by atoms with Crippen molar-refractivity contribution in [3.05, 3.63) is 35.9 Å². The number of nitrogens with two attached hydrogens (primary N) is 1. The summed E-state index contributed by atoms with van der Waals surface area (Å²) in [6.07, 6.45) is -4.32. The number of hydrogen-bond donors (Lipinski definition) is 1. The minimum absolute atomic E-state index is 0.0783. The molecule has 1 aromatic heterocycles. The van der Waals surface area contributed by atoms with Crippen molar-refractivity contribution in [1.29, 1.82) is 0 Å². The highest BCUT2D eigenvalue weighted by atomic mass is 19.4. The third-order valence-electron chi connectivity index (χ3n) is 2.75. The number of rotatable bonds is 2. The number of nitrogens with zero attached hydrogens (tertiary/aromatic N) is 2. The van der Waals surface area contributed by atoms with Gasteiger partial charge in [-0.15, -0.1) is 0 Å². The van der Waals surface area contributed by atoms with E-state index in [0.29, 0.717) is 17.1 Å². The number of nitrogen functional groups attached to an aromatic ring is 1. The standard InChI is InChI=1S/C13H14F3N3/c1-8(2)19-11(7-12(17)18-19)9-3-5-10(6-4-9)13(14,15)16/h3-8H,1-2H3,(H2,17,18). The van der Waals surface area contributed by atoms with Crippen LogP contribution >= 0.6 is 0 Å². The summed E-state index contributed by atoms with van der Waals surface area (Å²) in [7, 11) is 0. The highest BCUT2D eigenvalue weighted by molar-refractivity contribution is 5.63. The maximum absolute atomic E-state index is 12.5. The molecule has 0 aliphatic rings. The van der Waals surface area contributed by atoms with Gasteiger partial charge in [0.2, 0.25) is 0 Å². The van der Waals surface area contributed by atoms with Crippen LogP contribution in [0.2, 0.25) is 0 Å². The summed E-state index contributed by atoms with van der Waals surface area (Å²) in [4.78, 5) is 0. The van der Waals surface area contributed by atoms with Crippen molar-refractivity contribution in [3.8, 4) is 11.3 Å². The van der Waals surface area contributed by atoms with Crippen LogP contribution in [0.4, 0.5) is 19.0 Å². The molecule has 3 nitrogen and oxygen atoms in total. The maximum Gasteiger partial charge on any atom is 0.416 e. The zero-order chi connectivity index (χ0) is 14.2. The van der Waals surface area contributed by atoms with E-state index in [1.54, 1.807) is 10.7 Å². The lowest BCUT2D eigenvalue weighted by Gasteiger charge is -2.12. The number of hydrogen-bond acceptors (Lipinski definition) is 2. The summed E-state index contributed by atoms with van der Waals surface area (Å²) >= 11 is 0. The Morgan fingerprint density at radius 2 is 1.74 bits per heavy atom. The van der Waals surface area contributed by atoms with Crippen LogP contribution in [0.1, 0.15) is 25.5 Å². The molecule has 6 heteroatoms. The molecule has 0 radical (unpaired) electrons. The average molecular weight is 269 g/mol. The fourth-order valence-electron chi connectivity index (χ4n) is 1.85. The van der Waals surface area contributed by atoms with E-state index in [0.717, 1.165) is 12.1 Å². The Kier molecular flexibility index (Phi) is 3.26. The van der Waals surface area contributed by atoms with Crippen molar-refractivity contribution in [2.24, 2.45) is 0 Å². The molecule has 102 valence electrons. The average Bonchev–Trinajstić information content (AvgIpc) is 2.70. The van der Waals surface area contributed by atoms with E-state index in [1.165, 1.54) is 12.1 Å². The van der Waals surface area contributed by atoms with Gasteiger partial charge in [0.25, 0.3) is 0 Å². The van der Waals surface area contributed by atoms with E-state index in [2.05, 4.69) is 5.10 Å². The van der Waals surface area contributed by atoms with Gasteiger partial charge in [-0.2, -0.15) is 18.3 Å². The van der Waals surface area contributed by atoms with Crippen LogP contribution in [0.3, 0.4) is 0 Å². The van der Waals surface area contributed by atoms with E-state index in [4.69, 9.17) is 5.73 Å². The minimum atomic E-state index is -4.32. The number of alkyl halides is 3. The molecule has 1 aromatic carbocycles. The van der Waals surface area contributed by atoms with Gasteiger partial charge in [0.1, 0.15) is 5.82 Å². The highest BCUT2D eigenvalue weighted by Crippen LogP contribution is 2.31. The van der Waals surface area contributed by atoms with Gasteiger partial charge in [-0.3, -0.25) is 4.68 Å². The molecule has 2 aromatic rings. The summed E-state index contributed by atoms with van der Waals surface area (Å²) < 4.78 is 39.2. The summed E-state index contributed by atoms with van der Waals surface area (Å²) in [6.45, 7) is 3.86. The molecule has 2 rings (SSSR count). The van der Waals surface area contributed by atoms with Crippen LogP contribution in [-0.2, 0) is 6.18 Å². The van der Waals surface area contributed by atoms with E-state index < -0.39 is 11.7 Å². The van der Waals surface area contributed by atoms with E-state index in [1.807, 2.05) is 13.8 Å². The van der Waals surface area contributed by atoms with Crippen molar-refractivity contribution >= 4 is 5.82 Å². The quantitative estimate of drug-likeness (QED) is 0.902. The SMILES string of the molecule is CC(C)n1nc(N)cc1-c1ccc(C(F)(F)F)cc1. The molecule has 0 atom stereocenters. The third kappa shape index (κ3) is 2.72. The second-order valence-electron chi connectivity index (χ2n) is 4.57. The van der Waals surface area contributed by atoms with E-state index >= 15 is 0 Å². The molecule has 0 amide bonds. The number of benzene rings is 1. The number of halogens is 3. The minimum Gasteiger partial charge on any atom is -0.382 e. The molecular formula is C13H14F3N3. The molecule has 0 saturated carbocycles. The van der Waals surface area contributed by atoms with Crippen LogP contribution in [0.25, 0.3) is 11.3 Å². The smallest absolute Gasteiger partial charge is 0.382 e. The van der Waals surface area contributed by atoms with Crippen LogP contribution in [0.5, 0.6) is 0 Å². The third-order valence-corrected chi connectivity index (χ3v) is 2.75. The molecule has 0 aliphatic carbocycles. The van der Waals surface area contributed by atoms with Gasteiger partial charge in [-0.1, -0.05) is 12.1 Å². The Hall–Kier alpha value is -1.98. The Morgan fingerprint density at radius 3 is 2.21 bits per heavy atom. The number of anilines is 1. The fourth-order valence-corrected chi connectivity index (χ4v) is 1.85. The summed E-state index contributed by atoms with van der Waals surface area (Å²) in [6, 6.07) is 6.71. The van der Waals surface area contributed by atoms with Crippen molar-refractivity contribution in [2.75, 3.05) is 5.73 Å². The van der Waals surface area contributed by atoms with E-state index in [-0.39, 0.29) is 6.04 Å². The van der Waals surface area contributed by atoms with Gasteiger partial charge in [0.05, 0.1) is 11.3 Å². The van der Waals surface area contributed by atoms with Gasteiger partial charge < -0.3 is 5.73 Å². The zero-order valence-electron chi connectivity index (χ0n) is 10.6. The molecule has 0 aliphatic heterocycles. The predicted molar refractivity (Wildman–Crippen MR) is 67.5 cm³/mol. The first-order chi connectivity index (χ1) is 8.79. The van der Waals surface area contributed by atoms with Crippen LogP contribution in [0, 0.1) is 0 Å². The Bertz CT molecular complexity index is 568. The lowest BCUT2D eigenvalue weighted by atomic mass is 10.1. The van der Waals surface area contributed by atoms with Crippen molar-refractivity contribution in [2.45, 2.75) is 26.1 Å². The second kappa shape index (κ2) is 4.60. The fraction of sp³-hybridized carbons (Fsp3) is 0.308. The molecule has 0 saturated heterocycles. The van der Waals surface area contributed by atoms with Crippen molar-refractivity contribution in [3.63, 3.8) is 0 Å². The van der Waals surface area contributed by atoms with Crippen molar-refractivity contribution < 1.29 is 13.2 Å². The summed E-state index contributed by atoms with van der Waals surface area (Å²) in [5, 5.41) is 4.13. The predicted octanol–water partition coefficient (Wildman–Crippen LogP) is 3.73. The van der Waals surface area contributed by atoms with Crippen LogP contribution in [-0.4, -0.2) is 9.78 Å². The lowest BCUT2D eigenvalue weighted by Crippen LogP contribution is -2.06. The normalized spacial score (nSPS) is 12.1. The Morgan fingerprint density at radius 1 is 1.16 bits per heavy atom. The molecule has 2 N–H and O–H groups in total. The molecule has 0 spiro atoms. The van der Waals surface area contributed by atoms with Gasteiger partial charge in [-0.25, -0.2) is 0 Å². The van der Waals surface area contributed by atoms with Gasteiger partial charge >= 0.3 is 6.18 Å². The summed E-state index contributed by atoms with van der Waals surface area (Å²) in [5.74, 6) is 0.351. The molecule has 0 unspecified atom stereocenters. The summed E-state index contributed by atoms with van der Waals surface area (Å²) in [5.41, 5.74) is 6.34. The topological polar surface area (TPSA) is 43.8 Å². The Balaban J connectivity index is 2.43. The van der Waals surface area contributed by atoms with Gasteiger partial charge in [-0.05, 0) is 31.5 Å². The monoisotopic (exact) mass is 269 g/mol. The Labute approximate surface area is 108 Å². The van der Waals surface area contributed by atoms with Crippen molar-refractivity contribution in [1.82, 2.24) is 9.78 Å². The van der Waals surface area contributed by atoms with Gasteiger partial charge in [0, 0.05) is 12.1 Å². The molecule has 0 bridgehead atoms. The zero-order valence-corrected chi connectivity index (χ0v) is 10.6. The largest absolute Gasteiger partial charge is 0.416 e. The van der Waals surface area contributed by atoms with Crippen LogP contribution < -0.4 is 5.73 Å². The van der Waals surface area contributed by atoms with Gasteiger partial charge in [0.15, 0.2) is 0 Å². The van der Waals surface area contributed by atoms with E-state index in [9.17, 15) is 13.2 Å². The molecule has 19 heavy (non-hydrogen) atoms. The first-order valence-corrected chi connectivity index (χ1v) is 5.81. The molecule has 0 fully saturated rings. The molecular weight excluding hydrogens is 255 g/mol.